The molecule has 7 heteroatoms. The highest BCUT2D eigenvalue weighted by atomic mass is 19.4. The molecule has 4 rings (SSSR count). The van der Waals surface area contributed by atoms with Crippen molar-refractivity contribution in [2.45, 2.75) is 88.8 Å². The largest absolute Gasteiger partial charge is 0.550 e. The summed E-state index contributed by atoms with van der Waals surface area (Å²) in [4.78, 5) is 13.9. The van der Waals surface area contributed by atoms with Crippen molar-refractivity contribution in [3.05, 3.63) is 35.4 Å². The van der Waals surface area contributed by atoms with Crippen molar-refractivity contribution in [1.29, 1.82) is 0 Å². The second kappa shape index (κ2) is 11.2. The molecule has 0 unspecified atom stereocenters. The minimum atomic E-state index is -4.35. The van der Waals surface area contributed by atoms with Gasteiger partial charge in [0.2, 0.25) is 0 Å². The number of alkyl halides is 3. The van der Waals surface area contributed by atoms with Crippen molar-refractivity contribution >= 4 is 5.97 Å². The van der Waals surface area contributed by atoms with Gasteiger partial charge in [-0.15, -0.1) is 0 Å². The summed E-state index contributed by atoms with van der Waals surface area (Å²) in [5, 5.41) is 11.3. The number of nitrogens with zero attached hydrogens (tertiary/aromatic N) is 1. The fourth-order valence-corrected chi connectivity index (χ4v) is 6.25. The maximum atomic E-state index is 13.1. The van der Waals surface area contributed by atoms with Crippen LogP contribution in [0.15, 0.2) is 24.3 Å². The van der Waals surface area contributed by atoms with Crippen molar-refractivity contribution in [2.75, 3.05) is 13.1 Å². The Balaban J connectivity index is 0.00000306. The number of carbonyl (C=O) groups excluding carboxylic acids is 1. The molecule has 3 fully saturated rings. The fourth-order valence-electron chi connectivity index (χ4n) is 6.25. The molecule has 0 aliphatic heterocycles. The lowest BCUT2D eigenvalue weighted by atomic mass is 9.72. The third-order valence-corrected chi connectivity index (χ3v) is 8.20. The van der Waals surface area contributed by atoms with Crippen LogP contribution in [0, 0.1) is 17.8 Å². The smallest absolute Gasteiger partial charge is 0.416 e. The van der Waals surface area contributed by atoms with Gasteiger partial charge >= 0.3 is 6.18 Å². The van der Waals surface area contributed by atoms with E-state index in [1.54, 1.807) is 12.1 Å². The molecule has 3 aliphatic rings. The third kappa shape index (κ3) is 6.72. The monoisotopic (exact) mass is 468 g/mol. The van der Waals surface area contributed by atoms with Gasteiger partial charge in [0.05, 0.1) is 5.56 Å². The molecule has 0 heterocycles. The van der Waals surface area contributed by atoms with E-state index in [4.69, 9.17) is 0 Å². The van der Waals surface area contributed by atoms with Gasteiger partial charge in [0.1, 0.15) is 0 Å². The van der Waals surface area contributed by atoms with Crippen LogP contribution in [0.4, 0.5) is 13.2 Å². The van der Waals surface area contributed by atoms with Crippen LogP contribution >= 0.6 is 0 Å². The molecule has 0 radical (unpaired) electrons. The lowest BCUT2D eigenvalue weighted by Crippen LogP contribution is -2.48. The number of carboxylic acids is 1. The van der Waals surface area contributed by atoms with Gasteiger partial charge in [-0.2, -0.15) is 13.2 Å². The molecular formula is C26H39F3N2O2. The summed E-state index contributed by atoms with van der Waals surface area (Å²) >= 11 is 0. The predicted molar refractivity (Wildman–Crippen MR) is 122 cm³/mol. The van der Waals surface area contributed by atoms with Crippen molar-refractivity contribution in [3.63, 3.8) is 0 Å². The van der Waals surface area contributed by atoms with Crippen molar-refractivity contribution < 1.29 is 23.1 Å². The Bertz CT molecular complexity index is 758. The Morgan fingerprint density at radius 2 is 1.45 bits per heavy atom. The van der Waals surface area contributed by atoms with E-state index in [9.17, 15) is 23.1 Å². The number of benzene rings is 1. The zero-order valence-electron chi connectivity index (χ0n) is 19.8. The molecule has 1 aromatic rings. The lowest BCUT2D eigenvalue weighted by molar-refractivity contribution is -0.307. The number of carbonyl (C=O) groups is 1. The summed E-state index contributed by atoms with van der Waals surface area (Å²) in [6.07, 6.45) is 7.11. The molecule has 3 atom stereocenters. The zero-order valence-corrected chi connectivity index (χ0v) is 19.8. The molecule has 3 saturated carbocycles. The molecule has 0 saturated heterocycles. The van der Waals surface area contributed by atoms with Crippen LogP contribution < -0.4 is 11.3 Å². The van der Waals surface area contributed by atoms with Crippen LogP contribution in [0.5, 0.6) is 0 Å². The first-order chi connectivity index (χ1) is 15.3. The molecule has 1 aromatic carbocycles. The summed E-state index contributed by atoms with van der Waals surface area (Å²) in [6.45, 7) is 2.15. The van der Waals surface area contributed by atoms with Gasteiger partial charge in [-0.05, 0) is 92.7 Å². The van der Waals surface area contributed by atoms with E-state index in [0.717, 1.165) is 37.4 Å². The number of quaternary nitrogens is 1. The van der Waals surface area contributed by atoms with Crippen LogP contribution in [0.1, 0.15) is 87.7 Å². The summed E-state index contributed by atoms with van der Waals surface area (Å²) in [6, 6.07) is 5.88. The Morgan fingerprint density at radius 1 is 0.879 bits per heavy atom. The highest BCUT2D eigenvalue weighted by molar-refractivity contribution is 5.64. The Kier molecular flexibility index (Phi) is 8.84. The first-order valence-corrected chi connectivity index (χ1v) is 12.4. The minimum absolute atomic E-state index is 0. The van der Waals surface area contributed by atoms with Gasteiger partial charge < -0.3 is 16.1 Å². The number of halogens is 3. The van der Waals surface area contributed by atoms with Gasteiger partial charge in [-0.3, -0.25) is 4.90 Å². The van der Waals surface area contributed by atoms with E-state index in [1.807, 2.05) is 0 Å². The van der Waals surface area contributed by atoms with Gasteiger partial charge in [0.15, 0.2) is 0 Å². The first-order valence-electron chi connectivity index (χ1n) is 12.4. The van der Waals surface area contributed by atoms with Crippen LogP contribution in [0.25, 0.3) is 0 Å². The van der Waals surface area contributed by atoms with E-state index >= 15 is 0 Å². The van der Waals surface area contributed by atoms with E-state index < -0.39 is 17.7 Å². The molecule has 4 nitrogen and oxygen atoms in total. The standard InChI is InChI=1S/C26H36F3NO2.H3N/c27-26(28,29)22-11-9-21(10-12-22)23-14-20(15-25(31)32)8-13-24(23)30(17-19-6-3-7-19)16-18-4-1-2-5-18;/h9-12,18-20,23-24H,1-8,13-17H2,(H,31,32);1H3/t20-,23+,24-;/m1./s1. The number of aliphatic carboxylic acids is 1. The number of carboxylic acid groups (broad SMARTS) is 1. The normalized spacial score (nSPS) is 26.7. The third-order valence-electron chi connectivity index (χ3n) is 8.20. The van der Waals surface area contributed by atoms with Crippen molar-refractivity contribution in [3.8, 4) is 0 Å². The van der Waals surface area contributed by atoms with Gasteiger partial charge in [0.25, 0.3) is 0 Å². The number of rotatable bonds is 8. The van der Waals surface area contributed by atoms with E-state index in [2.05, 4.69) is 4.90 Å². The fraction of sp³-hybridized carbons (Fsp3) is 0.731. The Morgan fingerprint density at radius 3 is 1.94 bits per heavy atom. The first kappa shape index (κ1) is 26.0. The van der Waals surface area contributed by atoms with Crippen LogP contribution in [-0.4, -0.2) is 30.0 Å². The van der Waals surface area contributed by atoms with E-state index in [0.29, 0.717) is 12.3 Å². The molecule has 4 N–H and O–H groups in total. The molecule has 33 heavy (non-hydrogen) atoms. The van der Waals surface area contributed by atoms with Crippen molar-refractivity contribution in [1.82, 2.24) is 11.1 Å². The lowest BCUT2D eigenvalue weighted by Gasteiger charge is -2.46. The molecule has 0 amide bonds. The number of hydrogen-bond acceptors (Lipinski definition) is 3. The Labute approximate surface area is 195 Å². The molecule has 0 bridgehead atoms. The van der Waals surface area contributed by atoms with Crippen molar-refractivity contribution in [2.24, 2.45) is 17.8 Å². The van der Waals surface area contributed by atoms with Crippen LogP contribution in [0.2, 0.25) is 0 Å². The second-order valence-electron chi connectivity index (χ2n) is 10.5. The molecular weight excluding hydrogens is 429 g/mol. The van der Waals surface area contributed by atoms with Crippen LogP contribution in [-0.2, 0) is 11.0 Å². The highest BCUT2D eigenvalue weighted by Gasteiger charge is 2.38. The van der Waals surface area contributed by atoms with Crippen LogP contribution in [0.3, 0.4) is 0 Å². The minimum Gasteiger partial charge on any atom is -0.550 e. The zero-order chi connectivity index (χ0) is 22.7. The maximum absolute atomic E-state index is 13.1. The van der Waals surface area contributed by atoms with Gasteiger partial charge in [-0.1, -0.05) is 31.4 Å². The average molecular weight is 469 g/mol. The SMILES string of the molecule is O=C([O-])C[C@@H]1CC[C@@H](N(CC2CCCC2)CC2CCC2)[C@H](c2ccc(C(F)(F)F)cc2)C1.[NH4+]. The predicted octanol–water partition coefficient (Wildman–Crippen LogP) is 5.77. The Hall–Kier alpha value is -1.60. The molecule has 0 spiro atoms. The van der Waals surface area contributed by atoms with E-state index in [-0.39, 0.29) is 30.4 Å². The molecule has 3 aliphatic carbocycles. The molecule has 186 valence electrons. The van der Waals surface area contributed by atoms with Gasteiger partial charge in [0, 0.05) is 25.1 Å². The molecule has 0 aromatic heterocycles. The maximum Gasteiger partial charge on any atom is 0.416 e. The summed E-state index contributed by atoms with van der Waals surface area (Å²) in [5.74, 6) is 0.504. The second-order valence-corrected chi connectivity index (χ2v) is 10.5. The summed E-state index contributed by atoms with van der Waals surface area (Å²) < 4.78 is 39.3. The van der Waals surface area contributed by atoms with Gasteiger partial charge in [-0.25, -0.2) is 0 Å². The number of hydrogen-bond donors (Lipinski definition) is 1. The van der Waals surface area contributed by atoms with E-state index in [1.165, 1.54) is 57.1 Å². The quantitative estimate of drug-likeness (QED) is 0.526. The highest BCUT2D eigenvalue weighted by Crippen LogP contribution is 2.43. The topological polar surface area (TPSA) is 79.9 Å². The average Bonchev–Trinajstić information content (AvgIpc) is 3.22. The summed E-state index contributed by atoms with van der Waals surface area (Å²) in [5.41, 5.74) is 0.285. The summed E-state index contributed by atoms with van der Waals surface area (Å²) in [7, 11) is 0.